The normalized spacial score (nSPS) is 11.5. The van der Waals surface area contributed by atoms with Gasteiger partial charge in [0.2, 0.25) is 15.9 Å². The molecule has 1 aromatic carbocycles. The summed E-state index contributed by atoms with van der Waals surface area (Å²) < 4.78 is 27.5. The third-order valence-corrected chi connectivity index (χ3v) is 5.38. The van der Waals surface area contributed by atoms with Gasteiger partial charge in [-0.25, -0.2) is 23.1 Å². The number of nitrogens with zero attached hydrogens (tertiary/aromatic N) is 2. The van der Waals surface area contributed by atoms with Crippen LogP contribution in [-0.2, 0) is 14.8 Å². The zero-order chi connectivity index (χ0) is 18.7. The number of hydrogen-bond donors (Lipinski definition) is 2. The third kappa shape index (κ3) is 4.43. The summed E-state index contributed by atoms with van der Waals surface area (Å²) in [5.74, 6) is -0.225. The first-order valence-corrected chi connectivity index (χ1v) is 9.90. The number of pyridine rings is 2. The van der Waals surface area contributed by atoms with Crippen LogP contribution >= 0.6 is 15.9 Å². The van der Waals surface area contributed by atoms with Crippen molar-refractivity contribution >= 4 is 48.7 Å². The lowest BCUT2D eigenvalue weighted by atomic mass is 10.2. The number of benzene rings is 1. The Bertz CT molecular complexity index is 1070. The maximum absolute atomic E-state index is 12.2. The number of halogens is 1. The van der Waals surface area contributed by atoms with Crippen LogP contribution in [0.3, 0.4) is 0 Å². The molecule has 2 N–H and O–H groups in total. The van der Waals surface area contributed by atoms with Crippen molar-refractivity contribution < 1.29 is 13.2 Å². The molecule has 1 amide bonds. The molecule has 7 nitrogen and oxygen atoms in total. The summed E-state index contributed by atoms with van der Waals surface area (Å²) in [6.07, 6.45) is 1.61. The van der Waals surface area contributed by atoms with Crippen molar-refractivity contribution in [2.45, 2.75) is 11.8 Å². The highest BCUT2D eigenvalue weighted by Crippen LogP contribution is 2.17. The number of carbonyl (C=O) groups is 1. The fourth-order valence-electron chi connectivity index (χ4n) is 2.20. The molecule has 3 aromatic rings. The number of sulfonamides is 1. The van der Waals surface area contributed by atoms with Crippen molar-refractivity contribution in [1.29, 1.82) is 0 Å². The Kier molecular flexibility index (Phi) is 5.30. The van der Waals surface area contributed by atoms with E-state index < -0.39 is 22.5 Å². The van der Waals surface area contributed by atoms with Gasteiger partial charge in [0.05, 0.1) is 11.4 Å². The molecule has 3 rings (SSSR count). The van der Waals surface area contributed by atoms with Gasteiger partial charge in [-0.3, -0.25) is 4.79 Å². The van der Waals surface area contributed by atoms with Gasteiger partial charge >= 0.3 is 0 Å². The second-order valence-electron chi connectivity index (χ2n) is 5.58. The van der Waals surface area contributed by atoms with E-state index in [1.54, 1.807) is 30.5 Å². The van der Waals surface area contributed by atoms with Crippen LogP contribution in [0.2, 0.25) is 0 Å². The Balaban J connectivity index is 1.65. The molecule has 0 fully saturated rings. The minimum atomic E-state index is -3.75. The van der Waals surface area contributed by atoms with Crippen molar-refractivity contribution in [2.75, 3.05) is 11.9 Å². The highest BCUT2D eigenvalue weighted by Gasteiger charge is 2.15. The summed E-state index contributed by atoms with van der Waals surface area (Å²) >= 11 is 3.33. The van der Waals surface area contributed by atoms with Gasteiger partial charge in [0.1, 0.15) is 5.82 Å². The average Bonchev–Trinajstić information content (AvgIpc) is 2.61. The summed E-state index contributed by atoms with van der Waals surface area (Å²) in [5.41, 5.74) is 1.43. The second kappa shape index (κ2) is 7.48. The Labute approximate surface area is 159 Å². The SMILES string of the molecule is Cc1ccc(S(=O)(=O)NCC(=O)Nc2ccc3cc(Br)cnc3n2)cc1. The highest BCUT2D eigenvalue weighted by atomic mass is 79.9. The van der Waals surface area contributed by atoms with E-state index in [2.05, 4.69) is 35.9 Å². The van der Waals surface area contributed by atoms with Gasteiger partial charge in [0.15, 0.2) is 5.65 Å². The first-order chi connectivity index (χ1) is 12.3. The molecule has 0 spiro atoms. The van der Waals surface area contributed by atoms with Crippen molar-refractivity contribution in [2.24, 2.45) is 0 Å². The minimum absolute atomic E-state index is 0.106. The van der Waals surface area contributed by atoms with Gasteiger partial charge in [-0.15, -0.1) is 0 Å². The quantitative estimate of drug-likeness (QED) is 0.642. The van der Waals surface area contributed by atoms with Crippen molar-refractivity contribution in [3.8, 4) is 0 Å². The van der Waals surface area contributed by atoms with Gasteiger partial charge in [0.25, 0.3) is 0 Å². The van der Waals surface area contributed by atoms with Gasteiger partial charge in [-0.05, 0) is 53.2 Å². The summed E-state index contributed by atoms with van der Waals surface area (Å²) in [5, 5.41) is 3.37. The zero-order valence-corrected chi connectivity index (χ0v) is 16.1. The Hall–Kier alpha value is -2.36. The van der Waals surface area contributed by atoms with Gasteiger partial charge in [-0.1, -0.05) is 17.7 Å². The maximum Gasteiger partial charge on any atom is 0.241 e. The van der Waals surface area contributed by atoms with Gasteiger partial charge in [0, 0.05) is 16.1 Å². The number of hydrogen-bond acceptors (Lipinski definition) is 5. The number of fused-ring (bicyclic) bond motifs is 1. The van der Waals surface area contributed by atoms with Crippen LogP contribution in [-0.4, -0.2) is 30.8 Å². The second-order valence-corrected chi connectivity index (χ2v) is 8.27. The molecular weight excluding hydrogens is 420 g/mol. The van der Waals surface area contributed by atoms with Crippen LogP contribution in [0.5, 0.6) is 0 Å². The lowest BCUT2D eigenvalue weighted by molar-refractivity contribution is -0.115. The van der Waals surface area contributed by atoms with Crippen molar-refractivity contribution in [3.05, 3.63) is 58.7 Å². The predicted molar refractivity (Wildman–Crippen MR) is 102 cm³/mol. The van der Waals surface area contributed by atoms with Crippen LogP contribution in [0.1, 0.15) is 5.56 Å². The first-order valence-electron chi connectivity index (χ1n) is 7.62. The van der Waals surface area contributed by atoms with Crippen LogP contribution in [0.15, 0.2) is 58.0 Å². The number of aromatic nitrogens is 2. The molecule has 0 saturated carbocycles. The standard InChI is InChI=1S/C17H15BrN4O3S/c1-11-2-5-14(6-3-11)26(24,25)20-10-16(23)21-15-7-4-12-8-13(18)9-19-17(12)22-15/h2-9,20H,10H2,1H3,(H,19,21,22,23). The van der Waals surface area contributed by atoms with Gasteiger partial charge < -0.3 is 5.32 Å². The highest BCUT2D eigenvalue weighted by molar-refractivity contribution is 9.10. The van der Waals surface area contributed by atoms with Crippen LogP contribution in [0.25, 0.3) is 11.0 Å². The lowest BCUT2D eigenvalue weighted by Crippen LogP contribution is -2.33. The molecule has 2 aromatic heterocycles. The van der Waals surface area contributed by atoms with E-state index >= 15 is 0 Å². The van der Waals surface area contributed by atoms with Gasteiger partial charge in [-0.2, -0.15) is 0 Å². The Morgan fingerprint density at radius 3 is 2.62 bits per heavy atom. The topological polar surface area (TPSA) is 101 Å². The fraction of sp³-hybridized carbons (Fsp3) is 0.118. The molecule has 134 valence electrons. The molecule has 0 bridgehead atoms. The summed E-state index contributed by atoms with van der Waals surface area (Å²) in [4.78, 5) is 20.5. The van der Waals surface area contributed by atoms with E-state index in [9.17, 15) is 13.2 Å². The van der Waals surface area contributed by atoms with E-state index in [-0.39, 0.29) is 4.90 Å². The maximum atomic E-state index is 12.2. The average molecular weight is 435 g/mol. The number of aryl methyl sites for hydroxylation is 1. The molecule has 2 heterocycles. The molecule has 0 radical (unpaired) electrons. The van der Waals surface area contributed by atoms with E-state index in [4.69, 9.17) is 0 Å². The fourth-order valence-corrected chi connectivity index (χ4v) is 3.53. The molecule has 0 saturated heterocycles. The smallest absolute Gasteiger partial charge is 0.241 e. The number of carbonyl (C=O) groups excluding carboxylic acids is 1. The van der Waals surface area contributed by atoms with Crippen LogP contribution in [0.4, 0.5) is 5.82 Å². The number of anilines is 1. The molecule has 26 heavy (non-hydrogen) atoms. The lowest BCUT2D eigenvalue weighted by Gasteiger charge is -2.08. The van der Waals surface area contributed by atoms with Crippen molar-refractivity contribution in [3.63, 3.8) is 0 Å². The van der Waals surface area contributed by atoms with E-state index in [1.165, 1.54) is 12.1 Å². The summed E-state index contributed by atoms with van der Waals surface area (Å²) in [6.45, 7) is 1.46. The molecular formula is C17H15BrN4O3S. The van der Waals surface area contributed by atoms with Crippen LogP contribution < -0.4 is 10.0 Å². The third-order valence-electron chi connectivity index (χ3n) is 3.53. The zero-order valence-electron chi connectivity index (χ0n) is 13.7. The molecule has 0 aliphatic heterocycles. The molecule has 0 aliphatic rings. The Morgan fingerprint density at radius 2 is 1.88 bits per heavy atom. The summed E-state index contributed by atoms with van der Waals surface area (Å²) in [6, 6.07) is 11.6. The summed E-state index contributed by atoms with van der Waals surface area (Å²) in [7, 11) is -3.75. The Morgan fingerprint density at radius 1 is 1.15 bits per heavy atom. The van der Waals surface area contributed by atoms with E-state index in [1.807, 2.05) is 13.0 Å². The molecule has 9 heteroatoms. The number of nitrogens with one attached hydrogen (secondary N) is 2. The number of rotatable bonds is 5. The van der Waals surface area contributed by atoms with Crippen LogP contribution in [0, 0.1) is 6.92 Å². The minimum Gasteiger partial charge on any atom is -0.309 e. The molecule has 0 unspecified atom stereocenters. The molecule has 0 atom stereocenters. The number of amides is 1. The predicted octanol–water partition coefficient (Wildman–Crippen LogP) is 2.62. The first kappa shape index (κ1) is 18.4. The van der Waals surface area contributed by atoms with E-state index in [0.29, 0.717) is 11.5 Å². The van der Waals surface area contributed by atoms with E-state index in [0.717, 1.165) is 15.4 Å². The van der Waals surface area contributed by atoms with Crippen molar-refractivity contribution in [1.82, 2.24) is 14.7 Å². The monoisotopic (exact) mass is 434 g/mol. The largest absolute Gasteiger partial charge is 0.309 e. The molecule has 0 aliphatic carbocycles.